The number of hydrogen-bond donors (Lipinski definition) is 0. The second kappa shape index (κ2) is 5.93. The van der Waals surface area contributed by atoms with Crippen LogP contribution in [0.1, 0.15) is 22.8 Å². The molecule has 0 saturated heterocycles. The van der Waals surface area contributed by atoms with E-state index < -0.39 is 11.7 Å². The van der Waals surface area contributed by atoms with Gasteiger partial charge in [-0.25, -0.2) is 0 Å². The predicted octanol–water partition coefficient (Wildman–Crippen LogP) is 4.29. The first-order valence-corrected chi connectivity index (χ1v) is 6.43. The van der Waals surface area contributed by atoms with E-state index >= 15 is 0 Å². The maximum Gasteiger partial charge on any atom is 0.573 e. The van der Waals surface area contributed by atoms with E-state index in [0.717, 1.165) is 12.1 Å². The van der Waals surface area contributed by atoms with E-state index in [1.807, 2.05) is 0 Å². The van der Waals surface area contributed by atoms with Gasteiger partial charge in [0.15, 0.2) is 5.78 Å². The molecule has 0 aliphatic rings. The number of alkyl halides is 5. The lowest BCUT2D eigenvalue weighted by Crippen LogP contribution is -2.18. The summed E-state index contributed by atoms with van der Waals surface area (Å²) in [5.41, 5.74) is 0.679. The third-order valence-corrected chi connectivity index (χ3v) is 2.88. The molecule has 1 aromatic rings. The van der Waals surface area contributed by atoms with Crippen molar-refractivity contribution in [1.29, 1.82) is 0 Å². The normalized spacial score (nSPS) is 13.2. The molecule has 0 aliphatic heterocycles. The summed E-state index contributed by atoms with van der Waals surface area (Å²) in [6, 6.07) is 3.53. The van der Waals surface area contributed by atoms with Crippen molar-refractivity contribution in [3.05, 3.63) is 29.3 Å². The fourth-order valence-electron chi connectivity index (χ4n) is 1.33. The summed E-state index contributed by atoms with van der Waals surface area (Å²) >= 11 is 8.77. The van der Waals surface area contributed by atoms with Crippen LogP contribution in [0, 0.1) is 0 Å². The number of benzene rings is 1. The Morgan fingerprint density at radius 3 is 2.56 bits per heavy atom. The Morgan fingerprint density at radius 2 is 2.11 bits per heavy atom. The summed E-state index contributed by atoms with van der Waals surface area (Å²) in [7, 11) is 0. The molecular formula is C11H9BrClF3O2. The average Bonchev–Trinajstić information content (AvgIpc) is 2.25. The summed E-state index contributed by atoms with van der Waals surface area (Å²) in [5, 5.41) is -0.510. The average molecular weight is 346 g/mol. The van der Waals surface area contributed by atoms with Crippen molar-refractivity contribution in [2.45, 2.75) is 24.0 Å². The van der Waals surface area contributed by atoms with Gasteiger partial charge in [0.05, 0.1) is 5.38 Å². The molecule has 0 saturated carbocycles. The van der Waals surface area contributed by atoms with Gasteiger partial charge in [0, 0.05) is 10.9 Å². The van der Waals surface area contributed by atoms with Gasteiger partial charge < -0.3 is 4.74 Å². The van der Waals surface area contributed by atoms with Gasteiger partial charge in [-0.05, 0) is 30.7 Å². The minimum absolute atomic E-state index is 0.229. The molecule has 1 atom stereocenters. The molecule has 0 aliphatic carbocycles. The second-order valence-electron chi connectivity index (χ2n) is 3.48. The highest BCUT2D eigenvalue weighted by Gasteiger charge is 2.31. The van der Waals surface area contributed by atoms with Crippen LogP contribution >= 0.6 is 27.5 Å². The van der Waals surface area contributed by atoms with Crippen molar-refractivity contribution in [3.63, 3.8) is 0 Å². The summed E-state index contributed by atoms with van der Waals surface area (Å²) in [4.78, 5) is 11.7. The van der Waals surface area contributed by atoms with Crippen LogP contribution in [0.5, 0.6) is 5.75 Å². The zero-order chi connectivity index (χ0) is 13.9. The SMILES string of the molecule is CC(Cl)C(=O)c1ccc(OC(F)(F)F)cc1CBr. The summed E-state index contributed by atoms with van der Waals surface area (Å²) < 4.78 is 39.9. The van der Waals surface area contributed by atoms with E-state index in [1.165, 1.54) is 13.0 Å². The Hall–Kier alpha value is -0.750. The maximum atomic E-state index is 12.0. The molecule has 0 N–H and O–H groups in total. The minimum atomic E-state index is -4.76. The molecule has 0 spiro atoms. The third kappa shape index (κ3) is 4.17. The quantitative estimate of drug-likeness (QED) is 0.601. The summed E-state index contributed by atoms with van der Waals surface area (Å²) in [5.74, 6) is -0.708. The summed E-state index contributed by atoms with van der Waals surface area (Å²) in [6.07, 6.45) is -4.76. The lowest BCUT2D eigenvalue weighted by Gasteiger charge is -2.12. The molecule has 100 valence electrons. The van der Waals surface area contributed by atoms with Crippen LogP contribution in [-0.4, -0.2) is 17.5 Å². The first-order chi connectivity index (χ1) is 8.24. The van der Waals surface area contributed by atoms with Gasteiger partial charge in [-0.1, -0.05) is 15.9 Å². The molecule has 0 aromatic heterocycles. The lowest BCUT2D eigenvalue weighted by molar-refractivity contribution is -0.274. The highest BCUT2D eigenvalue weighted by molar-refractivity contribution is 9.08. The molecule has 0 radical (unpaired) electrons. The van der Waals surface area contributed by atoms with E-state index in [4.69, 9.17) is 11.6 Å². The van der Waals surface area contributed by atoms with Gasteiger partial charge in [-0.15, -0.1) is 24.8 Å². The van der Waals surface area contributed by atoms with Crippen LogP contribution in [0.25, 0.3) is 0 Å². The van der Waals surface area contributed by atoms with Gasteiger partial charge in [-0.2, -0.15) is 0 Å². The first-order valence-electron chi connectivity index (χ1n) is 4.87. The predicted molar refractivity (Wildman–Crippen MR) is 65.4 cm³/mol. The van der Waals surface area contributed by atoms with Gasteiger partial charge in [0.1, 0.15) is 5.75 Å². The minimum Gasteiger partial charge on any atom is -0.406 e. The number of hydrogen-bond acceptors (Lipinski definition) is 2. The van der Waals surface area contributed by atoms with E-state index in [1.54, 1.807) is 0 Å². The Bertz CT molecular complexity index is 446. The zero-order valence-electron chi connectivity index (χ0n) is 9.22. The second-order valence-corrected chi connectivity index (χ2v) is 4.70. The van der Waals surface area contributed by atoms with E-state index in [9.17, 15) is 18.0 Å². The van der Waals surface area contributed by atoms with Crippen LogP contribution < -0.4 is 4.74 Å². The standard InChI is InChI=1S/C11H9BrClF3O2/c1-6(13)10(17)9-3-2-8(4-7(9)5-12)18-11(14,15)16/h2-4,6H,5H2,1H3. The van der Waals surface area contributed by atoms with Crippen molar-refractivity contribution < 1.29 is 22.7 Å². The molecule has 0 bridgehead atoms. The maximum absolute atomic E-state index is 12.0. The summed E-state index contributed by atoms with van der Waals surface area (Å²) in [6.45, 7) is 1.50. The van der Waals surface area contributed by atoms with Crippen LogP contribution in [0.3, 0.4) is 0 Å². The Labute approximate surface area is 115 Å². The zero-order valence-corrected chi connectivity index (χ0v) is 11.6. The smallest absolute Gasteiger partial charge is 0.406 e. The van der Waals surface area contributed by atoms with E-state index in [2.05, 4.69) is 20.7 Å². The highest BCUT2D eigenvalue weighted by Crippen LogP contribution is 2.27. The van der Waals surface area contributed by atoms with Crippen molar-refractivity contribution in [2.75, 3.05) is 0 Å². The van der Waals surface area contributed by atoms with Crippen molar-refractivity contribution in [3.8, 4) is 5.75 Å². The monoisotopic (exact) mass is 344 g/mol. The third-order valence-electron chi connectivity index (χ3n) is 2.08. The Kier molecular flexibility index (Phi) is 5.04. The molecule has 0 heterocycles. The molecule has 1 rings (SSSR count). The molecule has 0 amide bonds. The van der Waals surface area contributed by atoms with Crippen molar-refractivity contribution in [2.24, 2.45) is 0 Å². The molecule has 2 nitrogen and oxygen atoms in total. The van der Waals surface area contributed by atoms with Crippen LogP contribution in [0.4, 0.5) is 13.2 Å². The molecule has 0 fully saturated rings. The lowest BCUT2D eigenvalue weighted by atomic mass is 10.0. The van der Waals surface area contributed by atoms with Crippen LogP contribution in [0.15, 0.2) is 18.2 Å². The number of Topliss-reactive ketones (excluding diaryl/α,β-unsaturated/α-hetero) is 1. The molecule has 7 heteroatoms. The number of rotatable bonds is 4. The van der Waals surface area contributed by atoms with Gasteiger partial charge in [0.25, 0.3) is 0 Å². The van der Waals surface area contributed by atoms with Gasteiger partial charge in [-0.3, -0.25) is 4.79 Å². The van der Waals surface area contributed by atoms with Crippen molar-refractivity contribution >= 4 is 33.3 Å². The van der Waals surface area contributed by atoms with Crippen LogP contribution in [0.2, 0.25) is 0 Å². The Morgan fingerprint density at radius 1 is 1.50 bits per heavy atom. The number of ketones is 1. The van der Waals surface area contributed by atoms with Gasteiger partial charge in [0.2, 0.25) is 0 Å². The van der Waals surface area contributed by atoms with Crippen LogP contribution in [-0.2, 0) is 5.33 Å². The number of ether oxygens (including phenoxy) is 1. The van der Waals surface area contributed by atoms with E-state index in [-0.39, 0.29) is 22.4 Å². The molecular weight excluding hydrogens is 336 g/mol. The van der Waals surface area contributed by atoms with Gasteiger partial charge >= 0.3 is 6.36 Å². The fourth-order valence-corrected chi connectivity index (χ4v) is 1.91. The van der Waals surface area contributed by atoms with Crippen molar-refractivity contribution in [1.82, 2.24) is 0 Å². The fraction of sp³-hybridized carbons (Fsp3) is 0.364. The molecule has 1 aromatic carbocycles. The number of halogens is 5. The topological polar surface area (TPSA) is 26.3 Å². The Balaban J connectivity index is 3.08. The molecule has 1 unspecified atom stereocenters. The first kappa shape index (κ1) is 15.3. The number of carbonyl (C=O) groups excluding carboxylic acids is 1. The molecule has 18 heavy (non-hydrogen) atoms. The van der Waals surface area contributed by atoms with E-state index in [0.29, 0.717) is 5.56 Å². The highest BCUT2D eigenvalue weighted by atomic mass is 79.9. The number of carbonyl (C=O) groups is 1. The largest absolute Gasteiger partial charge is 0.573 e.